The second-order valence-corrected chi connectivity index (χ2v) is 4.66. The number of carbonyl (C=O) groups excluding carboxylic acids is 1. The molecule has 0 aliphatic heterocycles. The maximum absolute atomic E-state index is 11.5. The van der Waals surface area contributed by atoms with Crippen LogP contribution in [0.5, 0.6) is 0 Å². The number of nitrogens with one attached hydrogen (secondary N) is 2. The second kappa shape index (κ2) is 5.47. The van der Waals surface area contributed by atoms with Gasteiger partial charge in [0.05, 0.1) is 6.42 Å². The molecule has 0 saturated heterocycles. The second-order valence-electron chi connectivity index (χ2n) is 3.78. The van der Waals surface area contributed by atoms with Gasteiger partial charge >= 0.3 is 0 Å². The summed E-state index contributed by atoms with van der Waals surface area (Å²) in [7, 11) is 0. The van der Waals surface area contributed by atoms with E-state index < -0.39 is 0 Å². The van der Waals surface area contributed by atoms with E-state index in [0.29, 0.717) is 23.7 Å². The van der Waals surface area contributed by atoms with E-state index in [1.807, 2.05) is 24.3 Å². The number of aromatic nitrogens is 1. The van der Waals surface area contributed by atoms with E-state index in [9.17, 15) is 4.79 Å². The summed E-state index contributed by atoms with van der Waals surface area (Å²) in [5, 5.41) is 4.49. The summed E-state index contributed by atoms with van der Waals surface area (Å²) >= 11 is 9.94. The Balaban J connectivity index is 2.11. The predicted molar refractivity (Wildman–Crippen MR) is 73.9 cm³/mol. The van der Waals surface area contributed by atoms with Crippen molar-refractivity contribution in [1.82, 2.24) is 10.3 Å². The molecule has 2 rings (SSSR count). The number of H-pyrrole nitrogens is 1. The molecule has 0 saturated carbocycles. The number of fused-ring (bicyclic) bond motifs is 1. The van der Waals surface area contributed by atoms with Gasteiger partial charge in [-0.05, 0) is 24.3 Å². The Morgan fingerprint density at radius 1 is 1.41 bits per heavy atom. The Morgan fingerprint density at radius 2 is 2.24 bits per heavy atom. The number of hydrogen-bond acceptors (Lipinski definition) is 2. The molecule has 2 aromatic rings. The van der Waals surface area contributed by atoms with Crippen LogP contribution in [-0.2, 0) is 11.2 Å². The highest BCUT2D eigenvalue weighted by molar-refractivity contribution is 7.80. The van der Waals surface area contributed by atoms with Crippen LogP contribution in [0.2, 0.25) is 5.02 Å². The van der Waals surface area contributed by atoms with E-state index in [1.54, 1.807) is 0 Å². The number of amides is 1. The monoisotopic (exact) mass is 268 g/mol. The zero-order chi connectivity index (χ0) is 12.3. The quantitative estimate of drug-likeness (QED) is 0.733. The summed E-state index contributed by atoms with van der Waals surface area (Å²) in [6.07, 6.45) is 0.347. The molecule has 90 valence electrons. The van der Waals surface area contributed by atoms with Gasteiger partial charge in [-0.1, -0.05) is 11.6 Å². The van der Waals surface area contributed by atoms with Crippen LogP contribution in [-0.4, -0.2) is 23.2 Å². The largest absolute Gasteiger partial charge is 0.358 e. The fraction of sp³-hybridized carbons (Fsp3) is 0.250. The number of carbonyl (C=O) groups is 1. The number of rotatable bonds is 4. The summed E-state index contributed by atoms with van der Waals surface area (Å²) in [4.78, 5) is 14.7. The average Bonchev–Trinajstić information content (AvgIpc) is 2.67. The molecule has 3 nitrogen and oxygen atoms in total. The first kappa shape index (κ1) is 12.3. The molecule has 0 radical (unpaired) electrons. The van der Waals surface area contributed by atoms with Crippen LogP contribution in [0.15, 0.2) is 24.3 Å². The number of aromatic amines is 1. The lowest BCUT2D eigenvalue weighted by Gasteiger charge is -2.00. The lowest BCUT2D eigenvalue weighted by atomic mass is 10.2. The molecule has 1 heterocycles. The molecule has 17 heavy (non-hydrogen) atoms. The highest BCUT2D eigenvalue weighted by Gasteiger charge is 2.06. The van der Waals surface area contributed by atoms with Crippen molar-refractivity contribution in [1.29, 1.82) is 0 Å². The van der Waals surface area contributed by atoms with Gasteiger partial charge < -0.3 is 10.3 Å². The van der Waals surface area contributed by atoms with Crippen molar-refractivity contribution < 1.29 is 4.79 Å². The van der Waals surface area contributed by atoms with Gasteiger partial charge in [0.2, 0.25) is 5.91 Å². The Kier molecular flexibility index (Phi) is 3.97. The summed E-state index contributed by atoms with van der Waals surface area (Å²) < 4.78 is 0. The van der Waals surface area contributed by atoms with Gasteiger partial charge in [0, 0.05) is 33.9 Å². The van der Waals surface area contributed by atoms with Gasteiger partial charge in [-0.2, -0.15) is 12.6 Å². The average molecular weight is 269 g/mol. The minimum Gasteiger partial charge on any atom is -0.358 e. The lowest BCUT2D eigenvalue weighted by molar-refractivity contribution is -0.120. The molecule has 1 aromatic heterocycles. The number of thiol groups is 1. The molecule has 0 atom stereocenters. The van der Waals surface area contributed by atoms with E-state index in [4.69, 9.17) is 11.6 Å². The van der Waals surface area contributed by atoms with Crippen LogP contribution >= 0.6 is 24.2 Å². The lowest BCUT2D eigenvalue weighted by Crippen LogP contribution is -2.26. The smallest absolute Gasteiger partial charge is 0.225 e. The van der Waals surface area contributed by atoms with Gasteiger partial charge in [0.15, 0.2) is 0 Å². The Bertz CT molecular complexity index is 538. The van der Waals surface area contributed by atoms with Crippen LogP contribution in [0.4, 0.5) is 0 Å². The molecule has 1 amide bonds. The first-order chi connectivity index (χ1) is 8.19. The highest BCUT2D eigenvalue weighted by Crippen LogP contribution is 2.20. The van der Waals surface area contributed by atoms with E-state index in [2.05, 4.69) is 22.9 Å². The zero-order valence-electron chi connectivity index (χ0n) is 9.16. The van der Waals surface area contributed by atoms with E-state index in [-0.39, 0.29) is 5.91 Å². The summed E-state index contributed by atoms with van der Waals surface area (Å²) in [5.74, 6) is 0.644. The fourth-order valence-corrected chi connectivity index (χ4v) is 1.98. The predicted octanol–water partition coefficient (Wildman–Crippen LogP) is 2.41. The van der Waals surface area contributed by atoms with Crippen LogP contribution < -0.4 is 5.32 Å². The third-order valence-corrected chi connectivity index (χ3v) is 2.88. The van der Waals surface area contributed by atoms with Gasteiger partial charge in [0.25, 0.3) is 0 Å². The fourth-order valence-electron chi connectivity index (χ4n) is 1.69. The van der Waals surface area contributed by atoms with Crippen LogP contribution in [0.3, 0.4) is 0 Å². The molecule has 0 aliphatic rings. The Labute approximate surface area is 110 Å². The van der Waals surface area contributed by atoms with E-state index >= 15 is 0 Å². The minimum atomic E-state index is -0.00305. The molecule has 1 aromatic carbocycles. The number of halogens is 1. The molecule has 2 N–H and O–H groups in total. The van der Waals surface area contributed by atoms with Crippen molar-refractivity contribution in [3.8, 4) is 0 Å². The summed E-state index contributed by atoms with van der Waals surface area (Å²) in [6, 6.07) is 7.56. The van der Waals surface area contributed by atoms with Gasteiger partial charge in [-0.25, -0.2) is 0 Å². The van der Waals surface area contributed by atoms with Crippen molar-refractivity contribution in [3.63, 3.8) is 0 Å². The standard InChI is InChI=1S/C12H13ClN2OS/c13-9-1-2-11-8(5-9)6-10(15-11)7-12(16)14-3-4-17/h1-2,5-6,15,17H,3-4,7H2,(H,14,16). The SMILES string of the molecule is O=C(Cc1cc2cc(Cl)ccc2[nH]1)NCCS. The number of benzene rings is 1. The van der Waals surface area contributed by atoms with Crippen LogP contribution in [0.25, 0.3) is 10.9 Å². The first-order valence-electron chi connectivity index (χ1n) is 5.34. The Hall–Kier alpha value is -1.13. The zero-order valence-corrected chi connectivity index (χ0v) is 10.8. The molecule has 0 fully saturated rings. The summed E-state index contributed by atoms with van der Waals surface area (Å²) in [6.45, 7) is 0.591. The molecule has 0 aliphatic carbocycles. The third kappa shape index (κ3) is 3.17. The van der Waals surface area contributed by atoms with E-state index in [1.165, 1.54) is 0 Å². The third-order valence-electron chi connectivity index (χ3n) is 2.42. The van der Waals surface area contributed by atoms with E-state index in [0.717, 1.165) is 16.6 Å². The minimum absolute atomic E-state index is 0.00305. The molecule has 0 bridgehead atoms. The van der Waals surface area contributed by atoms with Crippen molar-refractivity contribution in [3.05, 3.63) is 35.0 Å². The molecular weight excluding hydrogens is 256 g/mol. The number of hydrogen-bond donors (Lipinski definition) is 3. The maximum Gasteiger partial charge on any atom is 0.225 e. The van der Waals surface area contributed by atoms with Crippen LogP contribution in [0, 0.1) is 0 Å². The van der Waals surface area contributed by atoms with Crippen molar-refractivity contribution in [2.45, 2.75) is 6.42 Å². The first-order valence-corrected chi connectivity index (χ1v) is 6.35. The van der Waals surface area contributed by atoms with Crippen molar-refractivity contribution in [2.24, 2.45) is 0 Å². The van der Waals surface area contributed by atoms with Crippen molar-refractivity contribution >= 4 is 41.0 Å². The molecular formula is C12H13ClN2OS. The Morgan fingerprint density at radius 3 is 3.00 bits per heavy atom. The highest BCUT2D eigenvalue weighted by atomic mass is 35.5. The maximum atomic E-state index is 11.5. The topological polar surface area (TPSA) is 44.9 Å². The van der Waals surface area contributed by atoms with Crippen molar-refractivity contribution in [2.75, 3.05) is 12.3 Å². The molecule has 5 heteroatoms. The van der Waals surface area contributed by atoms with Crippen LogP contribution in [0.1, 0.15) is 5.69 Å². The van der Waals surface area contributed by atoms with Gasteiger partial charge in [0.1, 0.15) is 0 Å². The van der Waals surface area contributed by atoms with Gasteiger partial charge in [-0.15, -0.1) is 0 Å². The van der Waals surface area contributed by atoms with Gasteiger partial charge in [-0.3, -0.25) is 4.79 Å². The molecule has 0 spiro atoms. The summed E-state index contributed by atoms with van der Waals surface area (Å²) in [5.41, 5.74) is 1.88. The normalized spacial score (nSPS) is 10.7. The molecule has 0 unspecified atom stereocenters.